The number of fused-ring (bicyclic) bond motifs is 2. The molecule has 3 aromatic carbocycles. The van der Waals surface area contributed by atoms with Gasteiger partial charge in [-0.1, -0.05) is 60.7 Å². The molecule has 33 heavy (non-hydrogen) atoms. The maximum absolute atomic E-state index is 13.4. The summed E-state index contributed by atoms with van der Waals surface area (Å²) in [4.78, 5) is 18.3. The molecular weight excluding hydrogens is 424 g/mol. The van der Waals surface area contributed by atoms with E-state index in [1.54, 1.807) is 6.07 Å². The number of Topliss-reactive ketones (excluding diaryl/α,β-unsaturated/α-hetero) is 1. The lowest BCUT2D eigenvalue weighted by Gasteiger charge is -2.16. The van der Waals surface area contributed by atoms with Crippen LogP contribution in [0.15, 0.2) is 78.9 Å². The molecule has 6 rings (SSSR count). The molecule has 0 saturated heterocycles. The molecule has 0 radical (unpaired) electrons. The van der Waals surface area contributed by atoms with Gasteiger partial charge in [0.1, 0.15) is 5.78 Å². The standard InChI is InChI=1S/C27H19F2NO3/c28-27(29)32-22-11-10-19(15-23(22)33-27)26(12-13-26)24(31)16-20-14-18-8-4-5-9-21(18)25(30-20)17-6-2-1-3-7-17/h1-11,14-15H,12-13,16H2. The molecule has 0 atom stereocenters. The average molecular weight is 443 g/mol. The van der Waals surface area contributed by atoms with Crippen LogP contribution in [0, 0.1) is 0 Å². The highest BCUT2D eigenvalue weighted by Crippen LogP contribution is 2.52. The van der Waals surface area contributed by atoms with Gasteiger partial charge in [-0.25, -0.2) is 0 Å². The van der Waals surface area contributed by atoms with Gasteiger partial charge in [-0.15, -0.1) is 8.78 Å². The van der Waals surface area contributed by atoms with Crippen molar-refractivity contribution in [2.45, 2.75) is 31.0 Å². The number of ketones is 1. The fourth-order valence-electron chi connectivity index (χ4n) is 4.59. The Morgan fingerprint density at radius 1 is 0.879 bits per heavy atom. The van der Waals surface area contributed by atoms with Crippen LogP contribution in [0.2, 0.25) is 0 Å². The molecule has 0 amide bonds. The van der Waals surface area contributed by atoms with Gasteiger partial charge in [-0.3, -0.25) is 9.78 Å². The summed E-state index contributed by atoms with van der Waals surface area (Å²) in [6, 6.07) is 24.5. The molecule has 2 aliphatic rings. The SMILES string of the molecule is O=C(Cc1cc2ccccc2c(-c2ccccc2)n1)C1(c2ccc3c(c2)OC(F)(F)O3)CC1. The molecule has 164 valence electrons. The second-order valence-corrected chi connectivity index (χ2v) is 8.56. The number of benzene rings is 3. The van der Waals surface area contributed by atoms with Crippen LogP contribution in [-0.2, 0) is 16.6 Å². The van der Waals surface area contributed by atoms with Crippen molar-refractivity contribution in [2.75, 3.05) is 0 Å². The molecule has 0 unspecified atom stereocenters. The number of pyridine rings is 1. The molecule has 0 bridgehead atoms. The highest BCUT2D eigenvalue weighted by molar-refractivity contribution is 5.97. The van der Waals surface area contributed by atoms with E-state index in [2.05, 4.69) is 9.47 Å². The summed E-state index contributed by atoms with van der Waals surface area (Å²) in [5.74, 6) is -0.0302. The summed E-state index contributed by atoms with van der Waals surface area (Å²) >= 11 is 0. The Labute approximate surface area is 188 Å². The number of ether oxygens (including phenoxy) is 2. The fraction of sp³-hybridized carbons (Fsp3) is 0.185. The van der Waals surface area contributed by atoms with Gasteiger partial charge < -0.3 is 9.47 Å². The molecular formula is C27H19F2NO3. The lowest BCUT2D eigenvalue weighted by atomic mass is 9.88. The Morgan fingerprint density at radius 3 is 2.39 bits per heavy atom. The molecule has 0 N–H and O–H groups in total. The second-order valence-electron chi connectivity index (χ2n) is 8.56. The third-order valence-electron chi connectivity index (χ3n) is 6.42. The van der Waals surface area contributed by atoms with Crippen molar-refractivity contribution in [1.82, 2.24) is 4.98 Å². The highest BCUT2D eigenvalue weighted by atomic mass is 19.3. The number of aromatic nitrogens is 1. The van der Waals surface area contributed by atoms with Crippen LogP contribution in [0.1, 0.15) is 24.1 Å². The van der Waals surface area contributed by atoms with Crippen molar-refractivity contribution in [3.05, 3.63) is 90.1 Å². The summed E-state index contributed by atoms with van der Waals surface area (Å²) in [7, 11) is 0. The predicted octanol–water partition coefficient (Wildman–Crippen LogP) is 6.07. The minimum atomic E-state index is -3.68. The van der Waals surface area contributed by atoms with E-state index in [1.807, 2.05) is 60.7 Å². The van der Waals surface area contributed by atoms with E-state index in [0.717, 1.165) is 22.0 Å². The van der Waals surface area contributed by atoms with Gasteiger partial charge in [0.2, 0.25) is 0 Å². The first kappa shape index (κ1) is 19.9. The summed E-state index contributed by atoms with van der Waals surface area (Å²) in [6.45, 7) is 0. The molecule has 4 nitrogen and oxygen atoms in total. The van der Waals surface area contributed by atoms with Crippen LogP contribution in [0.5, 0.6) is 11.5 Å². The van der Waals surface area contributed by atoms with E-state index in [9.17, 15) is 13.6 Å². The highest BCUT2D eigenvalue weighted by Gasteiger charge is 2.52. The molecule has 1 aliphatic carbocycles. The van der Waals surface area contributed by atoms with Crippen LogP contribution in [0.3, 0.4) is 0 Å². The largest absolute Gasteiger partial charge is 0.586 e. The van der Waals surface area contributed by atoms with Crippen molar-refractivity contribution in [2.24, 2.45) is 0 Å². The minimum absolute atomic E-state index is 0.0179. The predicted molar refractivity (Wildman–Crippen MR) is 119 cm³/mol. The molecule has 0 spiro atoms. The first-order valence-corrected chi connectivity index (χ1v) is 10.8. The number of carbonyl (C=O) groups is 1. The third kappa shape index (κ3) is 3.42. The maximum atomic E-state index is 13.4. The van der Waals surface area contributed by atoms with Gasteiger partial charge in [0.15, 0.2) is 11.5 Å². The van der Waals surface area contributed by atoms with E-state index >= 15 is 0 Å². The monoisotopic (exact) mass is 443 g/mol. The normalized spacial score (nSPS) is 17.2. The quantitative estimate of drug-likeness (QED) is 0.376. The van der Waals surface area contributed by atoms with Crippen molar-refractivity contribution in [1.29, 1.82) is 0 Å². The van der Waals surface area contributed by atoms with Gasteiger partial charge in [0, 0.05) is 23.1 Å². The van der Waals surface area contributed by atoms with Crippen molar-refractivity contribution in [3.8, 4) is 22.8 Å². The van der Waals surface area contributed by atoms with Crippen LogP contribution in [-0.4, -0.2) is 17.1 Å². The van der Waals surface area contributed by atoms with Gasteiger partial charge in [0.05, 0.1) is 11.1 Å². The number of alkyl halides is 2. The van der Waals surface area contributed by atoms with E-state index in [-0.39, 0.29) is 23.7 Å². The number of rotatable bonds is 5. The van der Waals surface area contributed by atoms with E-state index in [4.69, 9.17) is 4.98 Å². The van der Waals surface area contributed by atoms with Crippen LogP contribution in [0.25, 0.3) is 22.0 Å². The Hall–Kier alpha value is -3.80. The smallest absolute Gasteiger partial charge is 0.395 e. The van der Waals surface area contributed by atoms with Crippen LogP contribution >= 0.6 is 0 Å². The first-order chi connectivity index (χ1) is 15.9. The summed E-state index contributed by atoms with van der Waals surface area (Å²) < 4.78 is 35.9. The Balaban J connectivity index is 1.34. The third-order valence-corrected chi connectivity index (χ3v) is 6.42. The zero-order valence-corrected chi connectivity index (χ0v) is 17.6. The fourth-order valence-corrected chi connectivity index (χ4v) is 4.59. The second kappa shape index (κ2) is 7.10. The molecule has 1 saturated carbocycles. The molecule has 1 aliphatic heterocycles. The van der Waals surface area contributed by atoms with Crippen molar-refractivity contribution >= 4 is 16.6 Å². The topological polar surface area (TPSA) is 48.4 Å². The number of nitrogens with zero attached hydrogens (tertiary/aromatic N) is 1. The molecule has 4 aromatic rings. The van der Waals surface area contributed by atoms with Gasteiger partial charge >= 0.3 is 6.29 Å². The maximum Gasteiger partial charge on any atom is 0.586 e. The Kier molecular flexibility index (Phi) is 4.27. The van der Waals surface area contributed by atoms with Crippen LogP contribution in [0.4, 0.5) is 8.78 Å². The Bertz CT molecular complexity index is 1400. The lowest BCUT2D eigenvalue weighted by molar-refractivity contribution is -0.286. The zero-order valence-electron chi connectivity index (χ0n) is 17.6. The molecule has 6 heteroatoms. The summed E-state index contributed by atoms with van der Waals surface area (Å²) in [5.41, 5.74) is 2.50. The van der Waals surface area contributed by atoms with E-state index in [0.29, 0.717) is 24.1 Å². The number of hydrogen-bond acceptors (Lipinski definition) is 4. The van der Waals surface area contributed by atoms with Crippen molar-refractivity contribution < 1.29 is 23.0 Å². The van der Waals surface area contributed by atoms with Crippen LogP contribution < -0.4 is 9.47 Å². The van der Waals surface area contributed by atoms with Gasteiger partial charge in [-0.2, -0.15) is 0 Å². The number of carbonyl (C=O) groups excluding carboxylic acids is 1. The lowest BCUT2D eigenvalue weighted by Crippen LogP contribution is -2.26. The minimum Gasteiger partial charge on any atom is -0.395 e. The van der Waals surface area contributed by atoms with Crippen molar-refractivity contribution in [3.63, 3.8) is 0 Å². The summed E-state index contributed by atoms with van der Waals surface area (Å²) in [5, 5.41) is 2.04. The zero-order chi connectivity index (χ0) is 22.6. The molecule has 1 fully saturated rings. The molecule has 1 aromatic heterocycles. The first-order valence-electron chi connectivity index (χ1n) is 10.8. The van der Waals surface area contributed by atoms with Gasteiger partial charge in [0.25, 0.3) is 0 Å². The Morgan fingerprint density at radius 2 is 1.61 bits per heavy atom. The van der Waals surface area contributed by atoms with E-state index in [1.165, 1.54) is 12.1 Å². The number of halogens is 2. The summed E-state index contributed by atoms with van der Waals surface area (Å²) in [6.07, 6.45) is -2.18. The van der Waals surface area contributed by atoms with E-state index < -0.39 is 11.7 Å². The molecule has 2 heterocycles. The average Bonchev–Trinajstić information content (AvgIpc) is 3.56. The van der Waals surface area contributed by atoms with Gasteiger partial charge in [-0.05, 0) is 42.0 Å². The number of hydrogen-bond donors (Lipinski definition) is 0.